The lowest BCUT2D eigenvalue weighted by Crippen LogP contribution is -2.16. The summed E-state index contributed by atoms with van der Waals surface area (Å²) in [5.41, 5.74) is 2.13. The van der Waals surface area contributed by atoms with Crippen molar-refractivity contribution in [2.45, 2.75) is 25.6 Å². The molecule has 1 N–H and O–H groups in total. The van der Waals surface area contributed by atoms with Gasteiger partial charge in [-0.25, -0.2) is 0 Å². The topological polar surface area (TPSA) is 78.9 Å². The van der Waals surface area contributed by atoms with Gasteiger partial charge in [0, 0.05) is 36.3 Å². The molecule has 1 aliphatic rings. The van der Waals surface area contributed by atoms with Crippen LogP contribution in [0.1, 0.15) is 28.8 Å². The van der Waals surface area contributed by atoms with Crippen LogP contribution in [0.4, 0.5) is 5.69 Å². The Morgan fingerprint density at radius 3 is 2.59 bits per heavy atom. The molecule has 7 nitrogen and oxygen atoms in total. The number of nitrogens with one attached hydrogen (secondary N) is 1. The molecule has 166 valence electrons. The summed E-state index contributed by atoms with van der Waals surface area (Å²) in [7, 11) is 1.58. The average molecular weight is 434 g/mol. The first-order valence-corrected chi connectivity index (χ1v) is 10.6. The van der Waals surface area contributed by atoms with Gasteiger partial charge in [-0.1, -0.05) is 0 Å². The fraction of sp³-hybridized carbons (Fsp3) is 0.280. The van der Waals surface area contributed by atoms with Gasteiger partial charge in [0.05, 0.1) is 13.2 Å². The van der Waals surface area contributed by atoms with Gasteiger partial charge in [-0.2, -0.15) is 0 Å². The van der Waals surface area contributed by atoms with Gasteiger partial charge < -0.3 is 24.3 Å². The number of pyridine rings is 1. The number of hydrogen-bond donors (Lipinski definition) is 1. The highest BCUT2D eigenvalue weighted by Gasteiger charge is 2.16. The van der Waals surface area contributed by atoms with Crippen molar-refractivity contribution in [3.8, 4) is 17.2 Å². The molecule has 1 aromatic heterocycles. The van der Waals surface area contributed by atoms with E-state index in [1.54, 1.807) is 62.0 Å². The highest BCUT2D eigenvalue weighted by Crippen LogP contribution is 2.31. The number of carbonyl (C=O) groups is 1. The summed E-state index contributed by atoms with van der Waals surface area (Å²) in [5, 5.41) is 2.90. The van der Waals surface area contributed by atoms with Crippen molar-refractivity contribution >= 4 is 11.6 Å². The molecule has 1 fully saturated rings. The molecule has 1 unspecified atom stereocenters. The third kappa shape index (κ3) is 5.76. The molecule has 4 rings (SSSR count). The van der Waals surface area contributed by atoms with Gasteiger partial charge >= 0.3 is 0 Å². The normalized spacial score (nSPS) is 15.2. The van der Waals surface area contributed by atoms with Crippen molar-refractivity contribution in [2.75, 3.05) is 25.6 Å². The number of anilines is 1. The lowest BCUT2D eigenvalue weighted by atomic mass is 10.2. The number of rotatable bonds is 9. The maximum atomic E-state index is 12.7. The van der Waals surface area contributed by atoms with Gasteiger partial charge in [0.15, 0.2) is 11.5 Å². The van der Waals surface area contributed by atoms with Crippen molar-refractivity contribution in [2.24, 2.45) is 0 Å². The molecule has 0 aliphatic carbocycles. The molecule has 2 heterocycles. The second-order valence-corrected chi connectivity index (χ2v) is 7.43. The minimum Gasteiger partial charge on any atom is -0.493 e. The Kier molecular flexibility index (Phi) is 7.19. The summed E-state index contributed by atoms with van der Waals surface area (Å²) in [4.78, 5) is 16.7. The van der Waals surface area contributed by atoms with Crippen LogP contribution in [0.15, 0.2) is 67.0 Å². The molecular weight excluding hydrogens is 408 g/mol. The SMILES string of the molecule is COc1ccc(NC(=O)c2ccc(OCC3CCCO3)cc2)cc1OCc1ccncc1. The fourth-order valence-electron chi connectivity index (χ4n) is 3.38. The molecule has 1 atom stereocenters. The van der Waals surface area contributed by atoms with E-state index in [1.165, 1.54) is 0 Å². The predicted octanol–water partition coefficient (Wildman–Crippen LogP) is 4.48. The van der Waals surface area contributed by atoms with E-state index < -0.39 is 0 Å². The molecule has 3 aromatic rings. The maximum Gasteiger partial charge on any atom is 0.255 e. The van der Waals surface area contributed by atoms with E-state index >= 15 is 0 Å². The molecule has 0 radical (unpaired) electrons. The quantitative estimate of drug-likeness (QED) is 0.535. The molecule has 0 saturated carbocycles. The fourth-order valence-corrected chi connectivity index (χ4v) is 3.38. The van der Waals surface area contributed by atoms with Crippen LogP contribution in [0, 0.1) is 0 Å². The Hall–Kier alpha value is -3.58. The summed E-state index contributed by atoms with van der Waals surface area (Å²) >= 11 is 0. The molecule has 1 amide bonds. The van der Waals surface area contributed by atoms with Crippen LogP contribution >= 0.6 is 0 Å². The number of hydrogen-bond acceptors (Lipinski definition) is 6. The Balaban J connectivity index is 1.36. The van der Waals surface area contributed by atoms with Crippen molar-refractivity contribution in [1.29, 1.82) is 0 Å². The van der Waals surface area contributed by atoms with Gasteiger partial charge in [-0.3, -0.25) is 9.78 Å². The van der Waals surface area contributed by atoms with Gasteiger partial charge in [-0.15, -0.1) is 0 Å². The number of amides is 1. The Bertz CT molecular complexity index is 1020. The van der Waals surface area contributed by atoms with Crippen molar-refractivity contribution < 1.29 is 23.7 Å². The van der Waals surface area contributed by atoms with Crippen LogP contribution in [0.3, 0.4) is 0 Å². The Labute approximate surface area is 187 Å². The lowest BCUT2D eigenvalue weighted by Gasteiger charge is -2.13. The summed E-state index contributed by atoms with van der Waals surface area (Å²) < 4.78 is 22.6. The number of benzene rings is 2. The first-order chi connectivity index (χ1) is 15.7. The highest BCUT2D eigenvalue weighted by molar-refractivity contribution is 6.04. The molecule has 1 aliphatic heterocycles. The van der Waals surface area contributed by atoms with Crippen LogP contribution < -0.4 is 19.5 Å². The first-order valence-electron chi connectivity index (χ1n) is 10.6. The van der Waals surface area contributed by atoms with Crippen LogP contribution in [-0.4, -0.2) is 37.3 Å². The van der Waals surface area contributed by atoms with E-state index in [0.717, 1.165) is 25.0 Å². The van der Waals surface area contributed by atoms with E-state index in [1.807, 2.05) is 12.1 Å². The molecule has 7 heteroatoms. The summed E-state index contributed by atoms with van der Waals surface area (Å²) in [6, 6.07) is 16.1. The van der Waals surface area contributed by atoms with Crippen LogP contribution in [0.5, 0.6) is 17.2 Å². The van der Waals surface area contributed by atoms with E-state index in [4.69, 9.17) is 18.9 Å². The van der Waals surface area contributed by atoms with E-state index in [0.29, 0.717) is 41.7 Å². The number of aromatic nitrogens is 1. The molecule has 0 spiro atoms. The molecule has 2 aromatic carbocycles. The number of carbonyl (C=O) groups excluding carboxylic acids is 1. The molecule has 1 saturated heterocycles. The monoisotopic (exact) mass is 434 g/mol. The van der Waals surface area contributed by atoms with Crippen molar-refractivity contribution in [3.63, 3.8) is 0 Å². The van der Waals surface area contributed by atoms with E-state index in [9.17, 15) is 4.79 Å². The number of nitrogens with zero attached hydrogens (tertiary/aromatic N) is 1. The largest absolute Gasteiger partial charge is 0.493 e. The number of methoxy groups -OCH3 is 1. The van der Waals surface area contributed by atoms with Crippen LogP contribution in [-0.2, 0) is 11.3 Å². The average Bonchev–Trinajstić information content (AvgIpc) is 3.36. The predicted molar refractivity (Wildman–Crippen MR) is 120 cm³/mol. The third-order valence-electron chi connectivity index (χ3n) is 5.14. The number of ether oxygens (including phenoxy) is 4. The lowest BCUT2D eigenvalue weighted by molar-refractivity contribution is 0.0679. The molecule has 32 heavy (non-hydrogen) atoms. The second-order valence-electron chi connectivity index (χ2n) is 7.43. The zero-order valence-electron chi connectivity index (χ0n) is 18.0. The third-order valence-corrected chi connectivity index (χ3v) is 5.14. The first kappa shape index (κ1) is 21.6. The summed E-state index contributed by atoms with van der Waals surface area (Å²) in [5.74, 6) is 1.62. The minimum atomic E-state index is -0.221. The zero-order chi connectivity index (χ0) is 22.2. The van der Waals surface area contributed by atoms with Crippen LogP contribution in [0.25, 0.3) is 0 Å². The van der Waals surface area contributed by atoms with Gasteiger partial charge in [0.2, 0.25) is 0 Å². The Morgan fingerprint density at radius 1 is 1.06 bits per heavy atom. The zero-order valence-corrected chi connectivity index (χ0v) is 18.0. The van der Waals surface area contributed by atoms with Crippen LogP contribution in [0.2, 0.25) is 0 Å². The van der Waals surface area contributed by atoms with Gasteiger partial charge in [0.25, 0.3) is 5.91 Å². The molecule has 0 bridgehead atoms. The summed E-state index contributed by atoms with van der Waals surface area (Å²) in [6.45, 7) is 1.69. The minimum absolute atomic E-state index is 0.156. The van der Waals surface area contributed by atoms with Crippen molar-refractivity contribution in [1.82, 2.24) is 4.98 Å². The second kappa shape index (κ2) is 10.6. The highest BCUT2D eigenvalue weighted by atomic mass is 16.5. The van der Waals surface area contributed by atoms with E-state index in [2.05, 4.69) is 10.3 Å². The standard InChI is InChI=1S/C25H26N2O5/c1-29-23-9-6-20(15-24(23)32-16-18-10-12-26-13-11-18)27-25(28)19-4-7-21(8-5-19)31-17-22-3-2-14-30-22/h4-13,15,22H,2-3,14,16-17H2,1H3,(H,27,28). The molecular formula is C25H26N2O5. The summed E-state index contributed by atoms with van der Waals surface area (Å²) in [6.07, 6.45) is 5.69. The Morgan fingerprint density at radius 2 is 1.88 bits per heavy atom. The van der Waals surface area contributed by atoms with Gasteiger partial charge in [0.1, 0.15) is 19.0 Å². The smallest absolute Gasteiger partial charge is 0.255 e. The maximum absolute atomic E-state index is 12.7. The van der Waals surface area contributed by atoms with Crippen molar-refractivity contribution in [3.05, 3.63) is 78.1 Å². The van der Waals surface area contributed by atoms with Gasteiger partial charge in [-0.05, 0) is 66.9 Å². The van der Waals surface area contributed by atoms with E-state index in [-0.39, 0.29) is 12.0 Å².